The van der Waals surface area contributed by atoms with Gasteiger partial charge in [0.2, 0.25) is 0 Å². The van der Waals surface area contributed by atoms with Crippen LogP contribution in [0.1, 0.15) is 24.8 Å². The summed E-state index contributed by atoms with van der Waals surface area (Å²) >= 11 is 0. The Bertz CT molecular complexity index is 560. The molecule has 98 valence electrons. The molecule has 2 atom stereocenters. The normalized spacial score (nSPS) is 21.1. The van der Waals surface area contributed by atoms with Gasteiger partial charge in [-0.05, 0) is 30.4 Å². The zero-order valence-electron chi connectivity index (χ0n) is 10.8. The lowest BCUT2D eigenvalue weighted by Crippen LogP contribution is -2.07. The van der Waals surface area contributed by atoms with Crippen molar-refractivity contribution in [2.45, 2.75) is 19.3 Å². The second-order valence-electron chi connectivity index (χ2n) is 4.79. The summed E-state index contributed by atoms with van der Waals surface area (Å²) in [7, 11) is 0. The lowest BCUT2D eigenvalue weighted by atomic mass is 10.1. The van der Waals surface area contributed by atoms with Crippen LogP contribution in [0.4, 0.5) is 0 Å². The SMILES string of the molecule is CCOC(=O)C1CC1c1ccc(-c2cnc[nH]2)cc1. The highest BCUT2D eigenvalue weighted by Crippen LogP contribution is 2.48. The van der Waals surface area contributed by atoms with Gasteiger partial charge >= 0.3 is 5.97 Å². The fraction of sp³-hybridized carbons (Fsp3) is 0.333. The highest BCUT2D eigenvalue weighted by atomic mass is 16.5. The Morgan fingerprint density at radius 1 is 1.42 bits per heavy atom. The molecule has 1 heterocycles. The summed E-state index contributed by atoms with van der Waals surface area (Å²) < 4.78 is 5.05. The summed E-state index contributed by atoms with van der Waals surface area (Å²) in [6.45, 7) is 2.30. The third-order valence-corrected chi connectivity index (χ3v) is 3.53. The van der Waals surface area contributed by atoms with Gasteiger partial charge in [0.15, 0.2) is 0 Å². The van der Waals surface area contributed by atoms with Gasteiger partial charge in [-0.3, -0.25) is 4.79 Å². The fourth-order valence-corrected chi connectivity index (χ4v) is 2.40. The van der Waals surface area contributed by atoms with Crippen LogP contribution < -0.4 is 0 Å². The standard InChI is InChI=1S/C15H16N2O2/c1-2-19-15(18)13-7-12(13)10-3-5-11(6-4-10)14-8-16-9-17-14/h3-6,8-9,12-13H,2,7H2,1H3,(H,16,17). The number of imidazole rings is 1. The van der Waals surface area contributed by atoms with E-state index in [0.29, 0.717) is 12.5 Å². The first-order chi connectivity index (χ1) is 9.29. The minimum atomic E-state index is -0.0647. The van der Waals surface area contributed by atoms with Crippen molar-refractivity contribution >= 4 is 5.97 Å². The second-order valence-corrected chi connectivity index (χ2v) is 4.79. The Kier molecular flexibility index (Phi) is 3.07. The van der Waals surface area contributed by atoms with Crippen LogP contribution in [0.5, 0.6) is 0 Å². The number of nitrogens with one attached hydrogen (secondary N) is 1. The number of nitrogens with zero attached hydrogens (tertiary/aromatic N) is 1. The van der Waals surface area contributed by atoms with Crippen LogP contribution in [0.2, 0.25) is 0 Å². The predicted octanol–water partition coefficient (Wildman–Crippen LogP) is 2.74. The van der Waals surface area contributed by atoms with Crippen LogP contribution in [0.3, 0.4) is 0 Å². The molecule has 2 unspecified atom stereocenters. The number of hydrogen-bond donors (Lipinski definition) is 1. The zero-order chi connectivity index (χ0) is 13.2. The number of esters is 1. The highest BCUT2D eigenvalue weighted by molar-refractivity contribution is 5.77. The van der Waals surface area contributed by atoms with Gasteiger partial charge in [-0.1, -0.05) is 24.3 Å². The third-order valence-electron chi connectivity index (χ3n) is 3.53. The molecular weight excluding hydrogens is 240 g/mol. The average molecular weight is 256 g/mol. The number of carbonyl (C=O) groups excluding carboxylic acids is 1. The molecule has 1 aromatic heterocycles. The van der Waals surface area contributed by atoms with Gasteiger partial charge in [0.25, 0.3) is 0 Å². The van der Waals surface area contributed by atoms with E-state index in [-0.39, 0.29) is 11.9 Å². The smallest absolute Gasteiger partial charge is 0.309 e. The number of rotatable bonds is 4. The fourth-order valence-electron chi connectivity index (χ4n) is 2.40. The first kappa shape index (κ1) is 12.0. The Morgan fingerprint density at radius 2 is 2.21 bits per heavy atom. The van der Waals surface area contributed by atoms with Gasteiger partial charge in [-0.2, -0.15) is 0 Å². The van der Waals surface area contributed by atoms with Gasteiger partial charge in [0.1, 0.15) is 0 Å². The Morgan fingerprint density at radius 3 is 2.84 bits per heavy atom. The number of benzene rings is 1. The first-order valence-electron chi connectivity index (χ1n) is 6.55. The maximum atomic E-state index is 11.6. The second kappa shape index (κ2) is 4.88. The summed E-state index contributed by atoms with van der Waals surface area (Å²) in [6.07, 6.45) is 4.37. The minimum Gasteiger partial charge on any atom is -0.466 e. The maximum absolute atomic E-state index is 11.6. The van der Waals surface area contributed by atoms with E-state index in [1.807, 2.05) is 6.92 Å². The summed E-state index contributed by atoms with van der Waals surface area (Å²) in [5.74, 6) is 0.318. The van der Waals surface area contributed by atoms with Crippen LogP contribution in [0, 0.1) is 5.92 Å². The zero-order valence-corrected chi connectivity index (χ0v) is 10.8. The number of hydrogen-bond acceptors (Lipinski definition) is 3. The molecule has 0 radical (unpaired) electrons. The third kappa shape index (κ3) is 2.38. The molecule has 1 saturated carbocycles. The van der Waals surface area contributed by atoms with Gasteiger partial charge in [-0.25, -0.2) is 4.98 Å². The lowest BCUT2D eigenvalue weighted by molar-refractivity contribution is -0.144. The quantitative estimate of drug-likeness (QED) is 0.856. The van der Waals surface area contributed by atoms with Crippen molar-refractivity contribution in [2.75, 3.05) is 6.61 Å². The van der Waals surface area contributed by atoms with Crippen LogP contribution in [0.15, 0.2) is 36.8 Å². The topological polar surface area (TPSA) is 55.0 Å². The van der Waals surface area contributed by atoms with E-state index in [0.717, 1.165) is 17.7 Å². The molecular formula is C15H16N2O2. The van der Waals surface area contributed by atoms with Crippen molar-refractivity contribution in [3.05, 3.63) is 42.4 Å². The molecule has 1 aliphatic carbocycles. The van der Waals surface area contributed by atoms with E-state index in [9.17, 15) is 4.79 Å². The number of ether oxygens (including phenoxy) is 1. The maximum Gasteiger partial charge on any atom is 0.309 e. The number of H-pyrrole nitrogens is 1. The van der Waals surface area contributed by atoms with Crippen molar-refractivity contribution < 1.29 is 9.53 Å². The van der Waals surface area contributed by atoms with Gasteiger partial charge in [0.05, 0.1) is 30.7 Å². The van der Waals surface area contributed by atoms with E-state index in [2.05, 4.69) is 34.2 Å². The van der Waals surface area contributed by atoms with E-state index < -0.39 is 0 Å². The van der Waals surface area contributed by atoms with E-state index in [4.69, 9.17) is 4.74 Å². The summed E-state index contributed by atoms with van der Waals surface area (Å²) in [4.78, 5) is 18.7. The summed E-state index contributed by atoms with van der Waals surface area (Å²) in [5.41, 5.74) is 3.32. The van der Waals surface area contributed by atoms with Crippen LogP contribution in [0.25, 0.3) is 11.3 Å². The molecule has 1 aromatic carbocycles. The molecule has 1 fully saturated rings. The molecule has 1 aliphatic rings. The Balaban J connectivity index is 1.70. The molecule has 0 aliphatic heterocycles. The molecule has 4 heteroatoms. The van der Waals surface area contributed by atoms with Crippen molar-refractivity contribution in [1.82, 2.24) is 9.97 Å². The van der Waals surface area contributed by atoms with Crippen molar-refractivity contribution in [1.29, 1.82) is 0 Å². The molecule has 1 N–H and O–H groups in total. The summed E-state index contributed by atoms with van der Waals surface area (Å²) in [5, 5.41) is 0. The largest absolute Gasteiger partial charge is 0.466 e. The highest BCUT2D eigenvalue weighted by Gasteiger charge is 2.44. The first-order valence-corrected chi connectivity index (χ1v) is 6.55. The number of aromatic amines is 1. The Hall–Kier alpha value is -2.10. The summed E-state index contributed by atoms with van der Waals surface area (Å²) in [6, 6.07) is 8.28. The molecule has 3 rings (SSSR count). The van der Waals surface area contributed by atoms with Crippen molar-refractivity contribution in [2.24, 2.45) is 5.92 Å². The van der Waals surface area contributed by atoms with Crippen molar-refractivity contribution in [3.8, 4) is 11.3 Å². The Labute approximate surface area is 111 Å². The molecule has 2 aromatic rings. The van der Waals surface area contributed by atoms with Crippen LogP contribution in [-0.4, -0.2) is 22.5 Å². The predicted molar refractivity (Wildman–Crippen MR) is 71.5 cm³/mol. The molecule has 0 amide bonds. The molecule has 0 spiro atoms. The van der Waals surface area contributed by atoms with Gasteiger partial charge in [-0.15, -0.1) is 0 Å². The molecule has 4 nitrogen and oxygen atoms in total. The van der Waals surface area contributed by atoms with Crippen LogP contribution >= 0.6 is 0 Å². The number of carbonyl (C=O) groups is 1. The van der Waals surface area contributed by atoms with Crippen molar-refractivity contribution in [3.63, 3.8) is 0 Å². The van der Waals surface area contributed by atoms with Crippen LogP contribution in [-0.2, 0) is 9.53 Å². The van der Waals surface area contributed by atoms with E-state index in [1.54, 1.807) is 12.5 Å². The average Bonchev–Trinajstić information content (AvgIpc) is 3.05. The molecule has 0 saturated heterocycles. The lowest BCUT2D eigenvalue weighted by Gasteiger charge is -2.03. The minimum absolute atomic E-state index is 0.0537. The van der Waals surface area contributed by atoms with Gasteiger partial charge in [0, 0.05) is 0 Å². The molecule has 0 bridgehead atoms. The van der Waals surface area contributed by atoms with E-state index in [1.165, 1.54) is 5.56 Å². The van der Waals surface area contributed by atoms with Gasteiger partial charge < -0.3 is 9.72 Å². The number of aromatic nitrogens is 2. The monoisotopic (exact) mass is 256 g/mol. The molecule has 19 heavy (non-hydrogen) atoms. The van der Waals surface area contributed by atoms with E-state index >= 15 is 0 Å².